The van der Waals surface area contributed by atoms with Crippen LogP contribution in [0.15, 0.2) is 24.3 Å². The normalized spacial score (nSPS) is 16.5. The highest BCUT2D eigenvalue weighted by Crippen LogP contribution is 2.22. The molecule has 1 atom stereocenters. The van der Waals surface area contributed by atoms with Gasteiger partial charge < -0.3 is 15.4 Å². The number of carbonyl (C=O) groups is 4. The lowest BCUT2D eigenvalue weighted by Crippen LogP contribution is -2.40. The average molecular weight is 333 g/mol. The minimum atomic E-state index is -0.508. The number of ketones is 1. The Kier molecular flexibility index (Phi) is 5.51. The Balaban J connectivity index is 1.87. The highest BCUT2D eigenvalue weighted by Gasteiger charge is 2.32. The molecule has 24 heavy (non-hydrogen) atoms. The molecule has 1 aromatic carbocycles. The number of carbonyl (C=O) groups excluding carboxylic acids is 4. The van der Waals surface area contributed by atoms with E-state index < -0.39 is 12.2 Å². The number of nitrogens with one attached hydrogen (secondary N) is 2. The predicted octanol–water partition coefficient (Wildman–Crippen LogP) is 0.467. The quantitative estimate of drug-likeness (QED) is 0.736. The molecular weight excluding hydrogens is 314 g/mol. The van der Waals surface area contributed by atoms with E-state index in [2.05, 4.69) is 10.6 Å². The molecule has 1 aliphatic heterocycles. The molecule has 1 saturated heterocycles. The molecule has 1 heterocycles. The Labute approximate surface area is 139 Å². The molecule has 8 nitrogen and oxygen atoms in total. The standard InChI is InChI=1S/C16H19N3O5/c1-10(20)12-3-5-13(6-4-12)19-9-14(24-16(19)23)7-18-15(22)8-17-11(2)21/h3-6,14H,7-9H2,1-2H3,(H,17,21)(H,18,22)/t14-/m0/s1. The van der Waals surface area contributed by atoms with Gasteiger partial charge in [-0.05, 0) is 31.2 Å². The van der Waals surface area contributed by atoms with Crippen LogP contribution < -0.4 is 15.5 Å². The summed E-state index contributed by atoms with van der Waals surface area (Å²) in [7, 11) is 0. The van der Waals surface area contributed by atoms with Crippen LogP contribution in [0.5, 0.6) is 0 Å². The summed E-state index contributed by atoms with van der Waals surface area (Å²) in [6, 6.07) is 6.65. The lowest BCUT2D eigenvalue weighted by Gasteiger charge is -2.13. The van der Waals surface area contributed by atoms with Crippen LogP contribution in [0.3, 0.4) is 0 Å². The minimum absolute atomic E-state index is 0.0506. The summed E-state index contributed by atoms with van der Waals surface area (Å²) in [5.41, 5.74) is 1.19. The second kappa shape index (κ2) is 7.58. The van der Waals surface area contributed by atoms with Gasteiger partial charge in [-0.1, -0.05) is 0 Å². The molecule has 0 aromatic heterocycles. The van der Waals surface area contributed by atoms with Crippen molar-refractivity contribution in [3.63, 3.8) is 0 Å². The number of hydrogen-bond acceptors (Lipinski definition) is 5. The molecule has 1 aliphatic rings. The van der Waals surface area contributed by atoms with Crippen LogP contribution >= 0.6 is 0 Å². The van der Waals surface area contributed by atoms with Crippen molar-refractivity contribution in [1.82, 2.24) is 10.6 Å². The monoisotopic (exact) mass is 333 g/mol. The van der Waals surface area contributed by atoms with Crippen molar-refractivity contribution in [1.29, 1.82) is 0 Å². The molecule has 1 aromatic rings. The lowest BCUT2D eigenvalue weighted by molar-refractivity contribution is -0.125. The van der Waals surface area contributed by atoms with Gasteiger partial charge >= 0.3 is 6.09 Å². The molecule has 128 valence electrons. The van der Waals surface area contributed by atoms with E-state index in [1.54, 1.807) is 24.3 Å². The maximum Gasteiger partial charge on any atom is 0.414 e. The van der Waals surface area contributed by atoms with Crippen molar-refractivity contribution in [3.05, 3.63) is 29.8 Å². The summed E-state index contributed by atoms with van der Waals surface area (Å²) >= 11 is 0. The number of Topliss-reactive ketones (excluding diaryl/α,β-unsaturated/α-hetero) is 1. The summed E-state index contributed by atoms with van der Waals surface area (Å²) < 4.78 is 5.20. The van der Waals surface area contributed by atoms with Crippen LogP contribution in [0.1, 0.15) is 24.2 Å². The first-order valence-electron chi connectivity index (χ1n) is 7.47. The summed E-state index contributed by atoms with van der Waals surface area (Å²) in [5, 5.41) is 4.98. The van der Waals surface area contributed by atoms with Crippen molar-refractivity contribution >= 4 is 29.4 Å². The zero-order chi connectivity index (χ0) is 17.7. The van der Waals surface area contributed by atoms with E-state index in [1.807, 2.05) is 0 Å². The molecule has 0 aliphatic carbocycles. The van der Waals surface area contributed by atoms with Crippen molar-refractivity contribution in [2.45, 2.75) is 20.0 Å². The van der Waals surface area contributed by atoms with E-state index in [-0.39, 0.29) is 30.7 Å². The number of ether oxygens (including phenoxy) is 1. The molecular formula is C16H19N3O5. The topological polar surface area (TPSA) is 105 Å². The van der Waals surface area contributed by atoms with E-state index in [1.165, 1.54) is 18.7 Å². The Morgan fingerprint density at radius 1 is 1.17 bits per heavy atom. The first-order chi connectivity index (χ1) is 11.4. The first-order valence-corrected chi connectivity index (χ1v) is 7.47. The van der Waals surface area contributed by atoms with Gasteiger partial charge in [0.25, 0.3) is 0 Å². The SMILES string of the molecule is CC(=O)NCC(=O)NC[C@H]1CN(c2ccc(C(C)=O)cc2)C(=O)O1. The first kappa shape index (κ1) is 17.5. The predicted molar refractivity (Wildman–Crippen MR) is 85.8 cm³/mol. The van der Waals surface area contributed by atoms with Crippen LogP contribution in [-0.4, -0.2) is 49.4 Å². The zero-order valence-electron chi connectivity index (χ0n) is 13.5. The Hall–Kier alpha value is -2.90. The second-order valence-electron chi connectivity index (χ2n) is 5.43. The van der Waals surface area contributed by atoms with Crippen LogP contribution in [0, 0.1) is 0 Å². The third-order valence-electron chi connectivity index (χ3n) is 3.48. The Morgan fingerprint density at radius 2 is 1.83 bits per heavy atom. The Bertz CT molecular complexity index is 656. The van der Waals surface area contributed by atoms with Gasteiger partial charge in [0, 0.05) is 18.2 Å². The smallest absolute Gasteiger partial charge is 0.414 e. The average Bonchev–Trinajstić information content (AvgIpc) is 2.92. The minimum Gasteiger partial charge on any atom is -0.442 e. The molecule has 0 spiro atoms. The molecule has 0 unspecified atom stereocenters. The molecule has 1 fully saturated rings. The van der Waals surface area contributed by atoms with E-state index in [0.29, 0.717) is 17.8 Å². The van der Waals surface area contributed by atoms with E-state index in [4.69, 9.17) is 4.74 Å². The van der Waals surface area contributed by atoms with E-state index in [9.17, 15) is 19.2 Å². The fourth-order valence-corrected chi connectivity index (χ4v) is 2.21. The molecule has 0 radical (unpaired) electrons. The van der Waals surface area contributed by atoms with E-state index in [0.717, 1.165) is 0 Å². The van der Waals surface area contributed by atoms with Gasteiger partial charge in [-0.2, -0.15) is 0 Å². The summed E-state index contributed by atoms with van der Waals surface area (Å²) in [6.07, 6.45) is -0.988. The van der Waals surface area contributed by atoms with Crippen molar-refractivity contribution in [3.8, 4) is 0 Å². The Morgan fingerprint density at radius 3 is 2.42 bits per heavy atom. The number of benzene rings is 1. The fraction of sp³-hybridized carbons (Fsp3) is 0.375. The summed E-state index contributed by atoms with van der Waals surface area (Å²) in [5.74, 6) is -0.701. The van der Waals surface area contributed by atoms with Gasteiger partial charge in [0.15, 0.2) is 5.78 Å². The van der Waals surface area contributed by atoms with Gasteiger partial charge in [0.1, 0.15) is 6.10 Å². The maximum atomic E-state index is 11.9. The number of amides is 3. The van der Waals surface area contributed by atoms with Crippen molar-refractivity contribution < 1.29 is 23.9 Å². The number of anilines is 1. The molecule has 0 bridgehead atoms. The van der Waals surface area contributed by atoms with Crippen molar-refractivity contribution in [2.24, 2.45) is 0 Å². The number of rotatable bonds is 6. The highest BCUT2D eigenvalue weighted by atomic mass is 16.6. The van der Waals surface area contributed by atoms with Gasteiger partial charge in [0.2, 0.25) is 11.8 Å². The summed E-state index contributed by atoms with van der Waals surface area (Å²) in [4.78, 5) is 46.9. The van der Waals surface area contributed by atoms with Gasteiger partial charge in [-0.3, -0.25) is 19.3 Å². The molecule has 2 rings (SSSR count). The third kappa shape index (κ3) is 4.55. The highest BCUT2D eigenvalue weighted by molar-refractivity contribution is 5.95. The lowest BCUT2D eigenvalue weighted by atomic mass is 10.1. The zero-order valence-corrected chi connectivity index (χ0v) is 13.5. The van der Waals surface area contributed by atoms with E-state index >= 15 is 0 Å². The molecule has 0 saturated carbocycles. The van der Waals surface area contributed by atoms with Gasteiger partial charge in [-0.15, -0.1) is 0 Å². The maximum absolute atomic E-state index is 11.9. The number of hydrogen-bond donors (Lipinski definition) is 2. The van der Waals surface area contributed by atoms with Crippen molar-refractivity contribution in [2.75, 3.05) is 24.5 Å². The van der Waals surface area contributed by atoms with Crippen LogP contribution in [0.25, 0.3) is 0 Å². The van der Waals surface area contributed by atoms with Gasteiger partial charge in [0.05, 0.1) is 19.6 Å². The molecule has 8 heteroatoms. The molecule has 2 N–H and O–H groups in total. The van der Waals surface area contributed by atoms with Gasteiger partial charge in [-0.25, -0.2) is 4.79 Å². The number of cyclic esters (lactones) is 1. The van der Waals surface area contributed by atoms with Crippen LogP contribution in [0.2, 0.25) is 0 Å². The molecule has 3 amide bonds. The second-order valence-corrected chi connectivity index (χ2v) is 5.43. The third-order valence-corrected chi connectivity index (χ3v) is 3.48. The van der Waals surface area contributed by atoms with Crippen LogP contribution in [0.4, 0.5) is 10.5 Å². The summed E-state index contributed by atoms with van der Waals surface area (Å²) in [6.45, 7) is 3.12. The largest absolute Gasteiger partial charge is 0.442 e. The fourth-order valence-electron chi connectivity index (χ4n) is 2.21. The van der Waals surface area contributed by atoms with Crippen LogP contribution in [-0.2, 0) is 14.3 Å². The number of nitrogens with zero attached hydrogens (tertiary/aromatic N) is 1.